The Morgan fingerprint density at radius 1 is 0.365 bits per heavy atom. The Labute approximate surface area is 367 Å². The summed E-state index contributed by atoms with van der Waals surface area (Å²) in [4.78, 5) is 30.5. The van der Waals surface area contributed by atoms with Gasteiger partial charge in [-0.05, 0) is 87.6 Å². The molecule has 0 radical (unpaired) electrons. The van der Waals surface area contributed by atoms with Crippen LogP contribution < -0.4 is 0 Å². The minimum atomic E-state index is 0.608. The number of thiophene rings is 1. The molecule has 0 N–H and O–H groups in total. The molecule has 6 nitrogen and oxygen atoms in total. The lowest BCUT2D eigenvalue weighted by molar-refractivity contribution is 1.18. The molecule has 63 heavy (non-hydrogen) atoms. The fourth-order valence-electron chi connectivity index (χ4n) is 8.55. The van der Waals surface area contributed by atoms with Crippen LogP contribution in [0.3, 0.4) is 0 Å². The van der Waals surface area contributed by atoms with Gasteiger partial charge in [-0.2, -0.15) is 0 Å². The second-order valence-electron chi connectivity index (χ2n) is 15.5. The van der Waals surface area contributed by atoms with Crippen molar-refractivity contribution in [3.8, 4) is 78.8 Å². The minimum absolute atomic E-state index is 0.608. The van der Waals surface area contributed by atoms with E-state index < -0.39 is 0 Å². The molecule has 12 rings (SSSR count). The molecule has 5 aromatic heterocycles. The highest BCUT2D eigenvalue weighted by atomic mass is 32.1. The minimum Gasteiger partial charge on any atom is -0.264 e. The number of nitrogens with zero attached hydrogens (tertiary/aromatic N) is 6. The van der Waals surface area contributed by atoms with Crippen LogP contribution in [-0.4, -0.2) is 29.9 Å². The molecule has 0 saturated carbocycles. The van der Waals surface area contributed by atoms with Gasteiger partial charge in [0.05, 0.1) is 32.8 Å². The van der Waals surface area contributed by atoms with Gasteiger partial charge in [0, 0.05) is 61.9 Å². The Hall–Kier alpha value is -8.26. The zero-order chi connectivity index (χ0) is 41.7. The summed E-state index contributed by atoms with van der Waals surface area (Å²) in [6, 6.07) is 65.4. The zero-order valence-electron chi connectivity index (χ0n) is 33.7. The van der Waals surface area contributed by atoms with Crippen LogP contribution in [0.5, 0.6) is 0 Å². The van der Waals surface area contributed by atoms with Crippen LogP contribution in [0.15, 0.2) is 207 Å². The van der Waals surface area contributed by atoms with Gasteiger partial charge in [-0.25, -0.2) is 19.9 Å². The van der Waals surface area contributed by atoms with E-state index in [0.29, 0.717) is 11.6 Å². The van der Waals surface area contributed by atoms with E-state index in [1.54, 1.807) is 17.5 Å². The fraction of sp³-hybridized carbons (Fsp3) is 0. The van der Waals surface area contributed by atoms with Crippen LogP contribution in [-0.2, 0) is 0 Å². The predicted octanol–water partition coefficient (Wildman–Crippen LogP) is 14.4. The third-order valence-electron chi connectivity index (χ3n) is 11.6. The molecule has 0 unspecified atom stereocenters. The molecule has 0 amide bonds. The van der Waals surface area contributed by atoms with E-state index in [9.17, 15) is 0 Å². The van der Waals surface area contributed by atoms with Gasteiger partial charge in [-0.15, -0.1) is 11.3 Å². The normalized spacial score (nSPS) is 11.5. The Balaban J connectivity index is 1.02. The van der Waals surface area contributed by atoms with Gasteiger partial charge in [-0.1, -0.05) is 133 Å². The van der Waals surface area contributed by atoms with Gasteiger partial charge < -0.3 is 0 Å². The van der Waals surface area contributed by atoms with Crippen LogP contribution in [0, 0.1) is 0 Å². The van der Waals surface area contributed by atoms with Gasteiger partial charge in [0.25, 0.3) is 0 Å². The number of pyridine rings is 2. The van der Waals surface area contributed by atoms with E-state index in [2.05, 4.69) is 157 Å². The van der Waals surface area contributed by atoms with Crippen LogP contribution in [0.1, 0.15) is 0 Å². The first-order chi connectivity index (χ1) is 31.2. The summed E-state index contributed by atoms with van der Waals surface area (Å²) in [5, 5.41) is 4.48. The van der Waals surface area contributed by atoms with Crippen molar-refractivity contribution < 1.29 is 0 Å². The van der Waals surface area contributed by atoms with E-state index in [0.717, 1.165) is 104 Å². The summed E-state index contributed by atoms with van der Waals surface area (Å²) in [5.74, 6) is 1.28. The molecule has 0 bridgehead atoms. The van der Waals surface area contributed by atoms with Gasteiger partial charge in [0.15, 0.2) is 11.6 Å². The highest BCUT2D eigenvalue weighted by Crippen LogP contribution is 2.41. The molecule has 7 aromatic carbocycles. The van der Waals surface area contributed by atoms with Crippen molar-refractivity contribution >= 4 is 53.3 Å². The van der Waals surface area contributed by atoms with Crippen LogP contribution in [0.2, 0.25) is 0 Å². The quantitative estimate of drug-likeness (QED) is 0.149. The lowest BCUT2D eigenvalue weighted by Crippen LogP contribution is -1.98. The first kappa shape index (κ1) is 36.6. The topological polar surface area (TPSA) is 77.3 Å². The highest BCUT2D eigenvalue weighted by Gasteiger charge is 2.20. The SMILES string of the molecule is c1ccc(-c2cc(-c3ccccc3)cc(-c3nc(-c4ccc(-c5nc(-c6cccnc6)cc(-c6cc7ccccc7c7cccnc67)n5)cc4)c4sc5ccccc5c4n3)c2)cc1. The largest absolute Gasteiger partial charge is 0.264 e. The van der Waals surface area contributed by atoms with E-state index in [1.807, 2.05) is 48.8 Å². The second kappa shape index (κ2) is 15.3. The third kappa shape index (κ3) is 6.68. The fourth-order valence-corrected chi connectivity index (χ4v) is 9.70. The number of benzene rings is 7. The standard InChI is InChI=1S/C56H34N6S/c1-3-13-35(14-4-1)41-29-42(36-15-5-2-6-16-36)31-43(30-41)56-61-51(54-53(62-56)46-20-9-10-22-50(46)63-54)37-23-25-38(26-24-37)55-59-48(40-18-11-27-57-34-40)33-49(60-55)47-32-39-17-7-8-19-44(39)45-21-12-28-58-52(45)47/h1-34H. The summed E-state index contributed by atoms with van der Waals surface area (Å²) in [6.45, 7) is 0. The summed E-state index contributed by atoms with van der Waals surface area (Å²) in [7, 11) is 0. The second-order valence-corrected chi connectivity index (χ2v) is 16.6. The van der Waals surface area contributed by atoms with Crippen LogP contribution in [0.25, 0.3) is 121 Å². The molecule has 0 aliphatic rings. The van der Waals surface area contributed by atoms with E-state index in [-0.39, 0.29) is 0 Å². The maximum Gasteiger partial charge on any atom is 0.160 e. The third-order valence-corrected chi connectivity index (χ3v) is 12.8. The van der Waals surface area contributed by atoms with Crippen LogP contribution >= 0.6 is 11.3 Å². The first-order valence-electron chi connectivity index (χ1n) is 20.8. The van der Waals surface area contributed by atoms with Crippen molar-refractivity contribution in [2.45, 2.75) is 0 Å². The molecule has 5 heterocycles. The molecular formula is C56H34N6S. The predicted molar refractivity (Wildman–Crippen MR) is 259 cm³/mol. The Bertz CT molecular complexity index is 3610. The van der Waals surface area contributed by atoms with Gasteiger partial charge in [0.1, 0.15) is 0 Å². The van der Waals surface area contributed by atoms with Crippen molar-refractivity contribution in [2.24, 2.45) is 0 Å². The molecule has 7 heteroatoms. The van der Waals surface area contributed by atoms with Gasteiger partial charge in [-0.3, -0.25) is 9.97 Å². The lowest BCUT2D eigenvalue weighted by atomic mass is 9.95. The molecular weight excluding hydrogens is 789 g/mol. The zero-order valence-corrected chi connectivity index (χ0v) is 34.5. The van der Waals surface area contributed by atoms with Crippen molar-refractivity contribution in [1.82, 2.24) is 29.9 Å². The summed E-state index contributed by atoms with van der Waals surface area (Å²) < 4.78 is 2.21. The molecule has 0 aliphatic carbocycles. The number of aromatic nitrogens is 6. The van der Waals surface area contributed by atoms with Crippen molar-refractivity contribution in [2.75, 3.05) is 0 Å². The molecule has 0 saturated heterocycles. The monoisotopic (exact) mass is 822 g/mol. The van der Waals surface area contributed by atoms with E-state index in [1.165, 1.54) is 4.70 Å². The number of rotatable bonds is 7. The summed E-state index contributed by atoms with van der Waals surface area (Å²) >= 11 is 1.73. The number of hydrogen-bond acceptors (Lipinski definition) is 7. The maximum absolute atomic E-state index is 5.42. The van der Waals surface area contributed by atoms with Crippen molar-refractivity contribution in [3.63, 3.8) is 0 Å². The van der Waals surface area contributed by atoms with Crippen molar-refractivity contribution in [3.05, 3.63) is 207 Å². The lowest BCUT2D eigenvalue weighted by Gasteiger charge is -2.13. The Morgan fingerprint density at radius 2 is 0.984 bits per heavy atom. The average Bonchev–Trinajstić information content (AvgIpc) is 3.75. The molecule has 12 aromatic rings. The molecule has 0 aliphatic heterocycles. The van der Waals surface area contributed by atoms with E-state index >= 15 is 0 Å². The highest BCUT2D eigenvalue weighted by molar-refractivity contribution is 7.26. The Kier molecular flexibility index (Phi) is 8.90. The van der Waals surface area contributed by atoms with Crippen molar-refractivity contribution in [1.29, 1.82) is 0 Å². The molecule has 0 spiro atoms. The number of fused-ring (bicyclic) bond motifs is 6. The summed E-state index contributed by atoms with van der Waals surface area (Å²) in [6.07, 6.45) is 5.47. The van der Waals surface area contributed by atoms with E-state index in [4.69, 9.17) is 24.9 Å². The Morgan fingerprint density at radius 3 is 1.75 bits per heavy atom. The molecule has 0 atom stereocenters. The molecule has 294 valence electrons. The number of hydrogen-bond donors (Lipinski definition) is 0. The van der Waals surface area contributed by atoms with Gasteiger partial charge in [0.2, 0.25) is 0 Å². The average molecular weight is 823 g/mol. The first-order valence-corrected chi connectivity index (χ1v) is 21.6. The van der Waals surface area contributed by atoms with Crippen LogP contribution in [0.4, 0.5) is 0 Å². The maximum atomic E-state index is 5.42. The van der Waals surface area contributed by atoms with Gasteiger partial charge >= 0.3 is 0 Å². The smallest absolute Gasteiger partial charge is 0.160 e. The summed E-state index contributed by atoms with van der Waals surface area (Å²) in [5.41, 5.74) is 13.5. The molecule has 0 fully saturated rings.